The van der Waals surface area contributed by atoms with Crippen LogP contribution in [0.25, 0.3) is 26.4 Å². The third kappa shape index (κ3) is 1.81. The van der Waals surface area contributed by atoms with Gasteiger partial charge in [-0.3, -0.25) is 4.40 Å². The lowest BCUT2D eigenvalue weighted by Gasteiger charge is -2.03. The zero-order chi connectivity index (χ0) is 14.4. The number of hydrogen-bond donors (Lipinski definition) is 0. The molecule has 0 bridgehead atoms. The first-order chi connectivity index (χ1) is 10.3. The van der Waals surface area contributed by atoms with Crippen molar-refractivity contribution in [3.63, 3.8) is 0 Å². The first kappa shape index (κ1) is 12.3. The van der Waals surface area contributed by atoms with Crippen molar-refractivity contribution in [1.82, 2.24) is 14.4 Å². The lowest BCUT2D eigenvalue weighted by molar-refractivity contribution is 0.402. The molecule has 4 nitrogen and oxygen atoms in total. The monoisotopic (exact) mass is 295 g/mol. The molecule has 5 heteroatoms. The summed E-state index contributed by atoms with van der Waals surface area (Å²) in [6.07, 6.45) is 1.85. The maximum absolute atomic E-state index is 5.37. The fourth-order valence-corrected chi connectivity index (χ4v) is 3.66. The third-order valence-corrected chi connectivity index (χ3v) is 4.66. The van der Waals surface area contributed by atoms with Gasteiger partial charge in [0.1, 0.15) is 10.3 Å². The van der Waals surface area contributed by atoms with Gasteiger partial charge >= 0.3 is 0 Å². The number of ether oxygens (including phenoxy) is 1. The molecular weight excluding hydrogens is 282 g/mol. The number of fused-ring (bicyclic) bond motifs is 3. The van der Waals surface area contributed by atoms with Gasteiger partial charge in [-0.05, 0) is 18.6 Å². The molecule has 0 saturated heterocycles. The standard InChI is InChI=1S/C16H13N3OS/c1-10-9-17-14-15(20-2)18-12-8-13(21-16(12)19(10)14)11-6-4-3-5-7-11/h3-9H,1-2H3. The van der Waals surface area contributed by atoms with Gasteiger partial charge in [-0.1, -0.05) is 30.3 Å². The van der Waals surface area contributed by atoms with E-state index in [2.05, 4.69) is 32.6 Å². The molecule has 21 heavy (non-hydrogen) atoms. The van der Waals surface area contributed by atoms with Gasteiger partial charge in [0.15, 0.2) is 0 Å². The summed E-state index contributed by atoms with van der Waals surface area (Å²) in [5.41, 5.74) is 3.98. The molecule has 4 aromatic rings. The SMILES string of the molecule is COc1nc2cc(-c3ccccc3)sc2n2c(C)cnc12. The molecule has 0 aliphatic heterocycles. The van der Waals surface area contributed by atoms with Gasteiger partial charge in [0.25, 0.3) is 5.88 Å². The lowest BCUT2D eigenvalue weighted by atomic mass is 10.2. The summed E-state index contributed by atoms with van der Waals surface area (Å²) in [5, 5.41) is 0. The van der Waals surface area contributed by atoms with Crippen molar-refractivity contribution in [2.24, 2.45) is 0 Å². The number of thiophene rings is 1. The highest BCUT2D eigenvalue weighted by Crippen LogP contribution is 2.35. The molecule has 0 aliphatic carbocycles. The van der Waals surface area contributed by atoms with Crippen LogP contribution < -0.4 is 4.74 Å². The molecule has 0 amide bonds. The summed E-state index contributed by atoms with van der Waals surface area (Å²) in [6, 6.07) is 12.4. The van der Waals surface area contributed by atoms with Crippen LogP contribution in [-0.4, -0.2) is 21.5 Å². The fraction of sp³-hybridized carbons (Fsp3) is 0.125. The fourth-order valence-electron chi connectivity index (χ4n) is 2.50. The zero-order valence-electron chi connectivity index (χ0n) is 11.7. The van der Waals surface area contributed by atoms with Crippen molar-refractivity contribution >= 4 is 27.3 Å². The Morgan fingerprint density at radius 3 is 2.76 bits per heavy atom. The Morgan fingerprint density at radius 2 is 2.00 bits per heavy atom. The first-order valence-electron chi connectivity index (χ1n) is 6.65. The summed E-state index contributed by atoms with van der Waals surface area (Å²) >= 11 is 1.72. The van der Waals surface area contributed by atoms with E-state index in [9.17, 15) is 0 Å². The molecule has 0 radical (unpaired) electrons. The Bertz CT molecular complexity index is 940. The summed E-state index contributed by atoms with van der Waals surface area (Å²) in [4.78, 5) is 11.3. The van der Waals surface area contributed by atoms with Gasteiger partial charge in [0, 0.05) is 16.8 Å². The Balaban J connectivity index is 2.07. The van der Waals surface area contributed by atoms with Crippen LogP contribution in [0.3, 0.4) is 0 Å². The van der Waals surface area contributed by atoms with Gasteiger partial charge in [-0.25, -0.2) is 9.97 Å². The van der Waals surface area contributed by atoms with E-state index in [-0.39, 0.29) is 0 Å². The number of aryl methyl sites for hydroxylation is 1. The van der Waals surface area contributed by atoms with E-state index in [1.54, 1.807) is 18.4 Å². The molecule has 0 fully saturated rings. The minimum absolute atomic E-state index is 0.563. The lowest BCUT2D eigenvalue weighted by Crippen LogP contribution is -1.95. The van der Waals surface area contributed by atoms with Crippen LogP contribution in [0.5, 0.6) is 5.88 Å². The van der Waals surface area contributed by atoms with Crippen LogP contribution in [0, 0.1) is 6.92 Å². The average Bonchev–Trinajstić information content (AvgIpc) is 3.11. The van der Waals surface area contributed by atoms with Crippen molar-refractivity contribution in [3.05, 3.63) is 48.3 Å². The zero-order valence-corrected chi connectivity index (χ0v) is 12.5. The minimum atomic E-state index is 0.563. The predicted octanol–water partition coefficient (Wildman–Crippen LogP) is 3.93. The molecule has 3 aromatic heterocycles. The Kier molecular flexibility index (Phi) is 2.68. The number of methoxy groups -OCH3 is 1. The molecule has 4 rings (SSSR count). The van der Waals surface area contributed by atoms with E-state index in [0.29, 0.717) is 5.88 Å². The number of imidazole rings is 1. The third-order valence-electron chi connectivity index (χ3n) is 3.50. The van der Waals surface area contributed by atoms with Crippen LogP contribution >= 0.6 is 11.3 Å². The van der Waals surface area contributed by atoms with E-state index >= 15 is 0 Å². The normalized spacial score (nSPS) is 11.3. The van der Waals surface area contributed by atoms with Crippen LogP contribution in [0.4, 0.5) is 0 Å². The highest BCUT2D eigenvalue weighted by Gasteiger charge is 2.15. The van der Waals surface area contributed by atoms with Crippen molar-refractivity contribution in [2.75, 3.05) is 7.11 Å². The summed E-state index contributed by atoms with van der Waals surface area (Å²) < 4.78 is 7.48. The maximum atomic E-state index is 5.37. The maximum Gasteiger partial charge on any atom is 0.258 e. The van der Waals surface area contributed by atoms with Gasteiger partial charge < -0.3 is 4.74 Å². The van der Waals surface area contributed by atoms with Crippen molar-refractivity contribution in [1.29, 1.82) is 0 Å². The molecule has 0 N–H and O–H groups in total. The van der Waals surface area contributed by atoms with E-state index in [1.165, 1.54) is 10.4 Å². The number of aromatic nitrogens is 3. The molecule has 0 atom stereocenters. The second-order valence-corrected chi connectivity index (χ2v) is 5.88. The van der Waals surface area contributed by atoms with E-state index in [1.807, 2.05) is 31.3 Å². The summed E-state index contributed by atoms with van der Waals surface area (Å²) in [7, 11) is 1.63. The van der Waals surface area contributed by atoms with Gasteiger partial charge in [0.2, 0.25) is 5.65 Å². The van der Waals surface area contributed by atoms with Crippen LogP contribution in [0.2, 0.25) is 0 Å². The van der Waals surface area contributed by atoms with Crippen LogP contribution in [0.15, 0.2) is 42.6 Å². The second-order valence-electron chi connectivity index (χ2n) is 4.85. The van der Waals surface area contributed by atoms with Crippen molar-refractivity contribution in [3.8, 4) is 16.3 Å². The quantitative estimate of drug-likeness (QED) is 0.562. The number of hydrogen-bond acceptors (Lipinski definition) is 4. The Labute approximate surface area is 125 Å². The van der Waals surface area contributed by atoms with E-state index in [0.717, 1.165) is 21.7 Å². The van der Waals surface area contributed by atoms with Gasteiger partial charge in [-0.2, -0.15) is 0 Å². The van der Waals surface area contributed by atoms with Gasteiger partial charge in [0.05, 0.1) is 7.11 Å². The Hall–Kier alpha value is -2.40. The first-order valence-corrected chi connectivity index (χ1v) is 7.46. The predicted molar refractivity (Wildman–Crippen MR) is 85.1 cm³/mol. The number of benzene rings is 1. The smallest absolute Gasteiger partial charge is 0.258 e. The largest absolute Gasteiger partial charge is 0.478 e. The van der Waals surface area contributed by atoms with E-state index in [4.69, 9.17) is 4.74 Å². The highest BCUT2D eigenvalue weighted by atomic mass is 32.1. The summed E-state index contributed by atoms with van der Waals surface area (Å²) in [6.45, 7) is 2.04. The minimum Gasteiger partial charge on any atom is -0.478 e. The molecule has 0 spiro atoms. The Morgan fingerprint density at radius 1 is 1.19 bits per heavy atom. The van der Waals surface area contributed by atoms with Crippen molar-refractivity contribution < 1.29 is 4.74 Å². The highest BCUT2D eigenvalue weighted by molar-refractivity contribution is 7.21. The molecular formula is C16H13N3OS. The molecule has 1 aromatic carbocycles. The van der Waals surface area contributed by atoms with E-state index < -0.39 is 0 Å². The number of rotatable bonds is 2. The summed E-state index contributed by atoms with van der Waals surface area (Å²) in [5.74, 6) is 0.563. The topological polar surface area (TPSA) is 39.4 Å². The van der Waals surface area contributed by atoms with Crippen LogP contribution in [0.1, 0.15) is 5.69 Å². The molecule has 0 saturated carbocycles. The molecule has 104 valence electrons. The molecule has 3 heterocycles. The van der Waals surface area contributed by atoms with Gasteiger partial charge in [-0.15, -0.1) is 11.3 Å². The molecule has 0 unspecified atom stereocenters. The average molecular weight is 295 g/mol. The van der Waals surface area contributed by atoms with Crippen LogP contribution in [-0.2, 0) is 0 Å². The van der Waals surface area contributed by atoms with Crippen molar-refractivity contribution in [2.45, 2.75) is 6.92 Å². The number of nitrogens with zero attached hydrogens (tertiary/aromatic N) is 3. The molecule has 0 aliphatic rings. The second kappa shape index (κ2) is 4.56.